The van der Waals surface area contributed by atoms with Gasteiger partial charge >= 0.3 is 6.09 Å². The first kappa shape index (κ1) is 26.7. The van der Waals surface area contributed by atoms with Crippen LogP contribution in [0, 0.1) is 6.92 Å². The largest absolute Gasteiger partial charge is 0.493 e. The summed E-state index contributed by atoms with van der Waals surface area (Å²) in [6.45, 7) is 6.71. The lowest BCUT2D eigenvalue weighted by atomic mass is 10.1. The molecule has 1 aliphatic heterocycles. The van der Waals surface area contributed by atoms with E-state index in [0.29, 0.717) is 36.4 Å². The van der Waals surface area contributed by atoms with Gasteiger partial charge in [-0.1, -0.05) is 6.07 Å². The number of amides is 2. The number of hydrogen-bond acceptors (Lipinski definition) is 9. The molecule has 202 valence electrons. The Morgan fingerprint density at radius 2 is 1.89 bits per heavy atom. The first-order valence-electron chi connectivity index (χ1n) is 12.3. The second kappa shape index (κ2) is 11.8. The minimum Gasteiger partial charge on any atom is -0.493 e. The third-order valence-corrected chi connectivity index (χ3v) is 6.06. The predicted molar refractivity (Wildman–Crippen MR) is 140 cm³/mol. The molecule has 1 saturated heterocycles. The number of piperazine rings is 1. The molecule has 12 nitrogen and oxygen atoms in total. The van der Waals surface area contributed by atoms with Crippen LogP contribution >= 0.6 is 0 Å². The highest BCUT2D eigenvalue weighted by atomic mass is 16.6. The average molecular weight is 524 g/mol. The summed E-state index contributed by atoms with van der Waals surface area (Å²) in [6, 6.07) is 6.51. The molecule has 3 heterocycles. The monoisotopic (exact) mass is 523 g/mol. The second-order valence-corrected chi connectivity index (χ2v) is 9.13. The Morgan fingerprint density at radius 3 is 2.58 bits per heavy atom. The lowest BCUT2D eigenvalue weighted by Crippen LogP contribution is -2.61. The quantitative estimate of drug-likeness (QED) is 0.474. The smallest absolute Gasteiger partial charge is 0.410 e. The highest BCUT2D eigenvalue weighted by Gasteiger charge is 2.37. The number of methoxy groups -OCH3 is 2. The molecule has 0 aliphatic carbocycles. The highest BCUT2D eigenvalue weighted by Crippen LogP contribution is 2.27. The van der Waals surface area contributed by atoms with E-state index >= 15 is 0 Å². The van der Waals surface area contributed by atoms with E-state index in [1.807, 2.05) is 24.0 Å². The first-order chi connectivity index (χ1) is 18.3. The van der Waals surface area contributed by atoms with Crippen molar-refractivity contribution in [2.24, 2.45) is 0 Å². The summed E-state index contributed by atoms with van der Waals surface area (Å²) >= 11 is 0. The van der Waals surface area contributed by atoms with Crippen molar-refractivity contribution in [1.29, 1.82) is 0 Å². The van der Waals surface area contributed by atoms with Crippen LogP contribution in [0.2, 0.25) is 0 Å². The van der Waals surface area contributed by atoms with Crippen LogP contribution in [0.1, 0.15) is 25.1 Å². The molecule has 1 unspecified atom stereocenters. The molecule has 2 amide bonds. The van der Waals surface area contributed by atoms with E-state index in [1.165, 1.54) is 4.90 Å². The average Bonchev–Trinajstić information content (AvgIpc) is 3.45. The fourth-order valence-corrected chi connectivity index (χ4v) is 4.19. The van der Waals surface area contributed by atoms with Crippen molar-refractivity contribution in [3.8, 4) is 17.4 Å². The molecular formula is C26H33N7O5. The van der Waals surface area contributed by atoms with Crippen molar-refractivity contribution in [1.82, 2.24) is 29.7 Å². The third kappa shape index (κ3) is 6.13. The highest BCUT2D eigenvalue weighted by molar-refractivity contribution is 5.86. The molecule has 0 saturated carbocycles. The van der Waals surface area contributed by atoms with E-state index in [9.17, 15) is 9.59 Å². The Kier molecular flexibility index (Phi) is 8.29. The number of carbonyl (C=O) groups is 2. The number of anilines is 1. The van der Waals surface area contributed by atoms with Gasteiger partial charge in [0.2, 0.25) is 11.9 Å². The number of imidazole rings is 1. The van der Waals surface area contributed by atoms with Crippen LogP contribution in [0.25, 0.3) is 5.95 Å². The van der Waals surface area contributed by atoms with Gasteiger partial charge in [0.15, 0.2) is 11.5 Å². The predicted octanol–water partition coefficient (Wildman–Crippen LogP) is 2.34. The third-order valence-electron chi connectivity index (χ3n) is 6.06. The van der Waals surface area contributed by atoms with E-state index in [0.717, 1.165) is 11.3 Å². The normalized spacial score (nSPS) is 15.4. The van der Waals surface area contributed by atoms with Gasteiger partial charge in [0.05, 0.1) is 20.3 Å². The van der Waals surface area contributed by atoms with Crippen molar-refractivity contribution in [2.45, 2.75) is 39.5 Å². The fourth-order valence-electron chi connectivity index (χ4n) is 4.19. The van der Waals surface area contributed by atoms with Crippen molar-refractivity contribution < 1.29 is 23.8 Å². The van der Waals surface area contributed by atoms with Gasteiger partial charge in [0, 0.05) is 50.3 Å². The minimum atomic E-state index is -0.790. The SMILES string of the molecule is COc1ccc(CNC(=O)C2CN(c3cc(C)nc(-n4ccnc4)n3)CCN2C(=O)OC(C)C)cc1OC. The molecule has 0 spiro atoms. The molecule has 2 aromatic heterocycles. The molecular weight excluding hydrogens is 490 g/mol. The molecule has 1 aliphatic rings. The van der Waals surface area contributed by atoms with E-state index < -0.39 is 12.1 Å². The zero-order valence-corrected chi connectivity index (χ0v) is 22.2. The molecule has 1 aromatic carbocycles. The van der Waals surface area contributed by atoms with Crippen LogP contribution in [0.5, 0.6) is 11.5 Å². The van der Waals surface area contributed by atoms with E-state index in [4.69, 9.17) is 14.2 Å². The van der Waals surface area contributed by atoms with Crippen LogP contribution in [0.4, 0.5) is 10.6 Å². The van der Waals surface area contributed by atoms with E-state index in [2.05, 4.69) is 20.3 Å². The summed E-state index contributed by atoms with van der Waals surface area (Å²) < 4.78 is 17.8. The second-order valence-electron chi connectivity index (χ2n) is 9.13. The van der Waals surface area contributed by atoms with Crippen molar-refractivity contribution in [3.63, 3.8) is 0 Å². The maximum atomic E-state index is 13.5. The zero-order valence-electron chi connectivity index (χ0n) is 22.2. The molecule has 12 heteroatoms. The van der Waals surface area contributed by atoms with Gasteiger partial charge in [-0.15, -0.1) is 0 Å². The Morgan fingerprint density at radius 1 is 1.11 bits per heavy atom. The number of hydrogen-bond donors (Lipinski definition) is 1. The number of aryl methyl sites for hydroxylation is 1. The number of nitrogens with one attached hydrogen (secondary N) is 1. The zero-order chi connectivity index (χ0) is 27.2. The molecule has 4 rings (SSSR count). The minimum absolute atomic E-state index is 0.241. The van der Waals surface area contributed by atoms with Crippen LogP contribution in [-0.4, -0.2) is 82.4 Å². The molecule has 1 atom stereocenters. The van der Waals surface area contributed by atoms with Crippen LogP contribution < -0.4 is 19.7 Å². The molecule has 3 aromatic rings. The number of nitrogens with zero attached hydrogens (tertiary/aromatic N) is 6. The maximum absolute atomic E-state index is 13.5. The van der Waals surface area contributed by atoms with Crippen LogP contribution in [0.3, 0.4) is 0 Å². The topological polar surface area (TPSA) is 124 Å². The molecule has 1 N–H and O–H groups in total. The Balaban J connectivity index is 1.55. The first-order valence-corrected chi connectivity index (χ1v) is 12.3. The summed E-state index contributed by atoms with van der Waals surface area (Å²) in [5.41, 5.74) is 1.60. The Hall–Kier alpha value is -4.35. The summed E-state index contributed by atoms with van der Waals surface area (Å²) in [4.78, 5) is 43.1. The van der Waals surface area contributed by atoms with Gasteiger partial charge < -0.3 is 24.4 Å². The fraction of sp³-hybridized carbons (Fsp3) is 0.423. The van der Waals surface area contributed by atoms with Gasteiger partial charge in [-0.3, -0.25) is 14.3 Å². The van der Waals surface area contributed by atoms with Crippen LogP contribution in [0.15, 0.2) is 43.0 Å². The number of carbonyl (C=O) groups excluding carboxylic acids is 2. The standard InChI is InChI=1S/C26H33N7O5/c1-17(2)38-26(35)33-11-10-31(23-12-18(3)29-25(30-23)32-9-8-27-16-32)15-20(33)24(34)28-14-19-6-7-21(36-4)22(13-19)37-5/h6-9,12-13,16-17,20H,10-11,14-15H2,1-5H3,(H,28,34). The molecule has 0 radical (unpaired) electrons. The maximum Gasteiger partial charge on any atom is 0.410 e. The summed E-state index contributed by atoms with van der Waals surface area (Å²) in [7, 11) is 3.12. The van der Waals surface area contributed by atoms with Crippen LogP contribution in [-0.2, 0) is 16.1 Å². The molecule has 38 heavy (non-hydrogen) atoms. The van der Waals surface area contributed by atoms with Gasteiger partial charge in [-0.25, -0.2) is 14.8 Å². The molecule has 0 bridgehead atoms. The van der Waals surface area contributed by atoms with Crippen molar-refractivity contribution in [3.05, 3.63) is 54.2 Å². The Bertz CT molecular complexity index is 1260. The molecule has 1 fully saturated rings. The lowest BCUT2D eigenvalue weighted by molar-refractivity contribution is -0.126. The van der Waals surface area contributed by atoms with Crippen molar-refractivity contribution >= 4 is 17.8 Å². The van der Waals surface area contributed by atoms with Gasteiger partial charge in [0.1, 0.15) is 18.2 Å². The van der Waals surface area contributed by atoms with Gasteiger partial charge in [0.25, 0.3) is 0 Å². The van der Waals surface area contributed by atoms with Gasteiger partial charge in [-0.2, -0.15) is 4.98 Å². The number of benzene rings is 1. The van der Waals surface area contributed by atoms with E-state index in [1.54, 1.807) is 63.5 Å². The van der Waals surface area contributed by atoms with Crippen molar-refractivity contribution in [2.75, 3.05) is 38.8 Å². The number of rotatable bonds is 8. The summed E-state index contributed by atoms with van der Waals surface area (Å²) in [5.74, 6) is 2.01. The summed E-state index contributed by atoms with van der Waals surface area (Å²) in [6.07, 6.45) is 4.22. The number of aromatic nitrogens is 4. The van der Waals surface area contributed by atoms with Gasteiger partial charge in [-0.05, 0) is 38.5 Å². The lowest BCUT2D eigenvalue weighted by Gasteiger charge is -2.40. The Labute approximate surface area is 221 Å². The number of ether oxygens (including phenoxy) is 3. The van der Waals surface area contributed by atoms with E-state index in [-0.39, 0.29) is 25.1 Å². The summed E-state index contributed by atoms with van der Waals surface area (Å²) in [5, 5.41) is 2.96.